The second-order valence-corrected chi connectivity index (χ2v) is 6.35. The molecule has 140 valence electrons. The van der Waals surface area contributed by atoms with Gasteiger partial charge < -0.3 is 14.2 Å². The fourth-order valence-corrected chi connectivity index (χ4v) is 2.47. The maximum absolute atomic E-state index is 13.6. The van der Waals surface area contributed by atoms with E-state index in [1.165, 1.54) is 26.0 Å². The first-order chi connectivity index (χ1) is 12.7. The van der Waals surface area contributed by atoms with E-state index in [0.717, 1.165) is 12.1 Å². The summed E-state index contributed by atoms with van der Waals surface area (Å²) in [6.45, 7) is 2.94. The number of benzene rings is 2. The monoisotopic (exact) mass is 374 g/mol. The summed E-state index contributed by atoms with van der Waals surface area (Å²) < 4.78 is 42.0. The summed E-state index contributed by atoms with van der Waals surface area (Å²) in [5.74, 6) is -4.42. The van der Waals surface area contributed by atoms with Gasteiger partial charge >= 0.3 is 11.9 Å². The van der Waals surface area contributed by atoms with Gasteiger partial charge in [-0.2, -0.15) is 0 Å². The Morgan fingerprint density at radius 2 is 1.74 bits per heavy atom. The molecule has 0 radical (unpaired) electrons. The Balaban J connectivity index is 1.76. The largest absolute Gasteiger partial charge is 0.486 e. The zero-order valence-electron chi connectivity index (χ0n) is 14.6. The molecule has 0 unspecified atom stereocenters. The minimum atomic E-state index is -1.31. The van der Waals surface area contributed by atoms with Crippen LogP contribution in [0.1, 0.15) is 25.0 Å². The molecule has 2 aromatic carbocycles. The standard InChI is InChI=1S/C20H16F2O5/c1-20(2)26-18(23)15(19(24)27-20)9-12-4-3-5-13(8-12)11-25-17-7-6-14(21)10-16(17)22/h3-10H,11H2,1-2H3. The van der Waals surface area contributed by atoms with Crippen LogP contribution in [0.15, 0.2) is 48.0 Å². The number of cyclic esters (lactones) is 2. The maximum Gasteiger partial charge on any atom is 0.348 e. The summed E-state index contributed by atoms with van der Waals surface area (Å²) in [6.07, 6.45) is 1.35. The van der Waals surface area contributed by atoms with Gasteiger partial charge in [0.2, 0.25) is 0 Å². The van der Waals surface area contributed by atoms with Crippen molar-refractivity contribution in [1.82, 2.24) is 0 Å². The van der Waals surface area contributed by atoms with E-state index < -0.39 is 29.4 Å². The Morgan fingerprint density at radius 1 is 1.04 bits per heavy atom. The van der Waals surface area contributed by atoms with E-state index in [1.54, 1.807) is 24.3 Å². The van der Waals surface area contributed by atoms with Gasteiger partial charge in [0.25, 0.3) is 5.79 Å². The molecule has 0 amide bonds. The second-order valence-electron chi connectivity index (χ2n) is 6.35. The number of rotatable bonds is 4. The van der Waals surface area contributed by atoms with Crippen molar-refractivity contribution in [3.63, 3.8) is 0 Å². The molecule has 1 fully saturated rings. The normalized spacial score (nSPS) is 15.8. The highest BCUT2D eigenvalue weighted by Crippen LogP contribution is 2.25. The number of halogens is 2. The van der Waals surface area contributed by atoms with Gasteiger partial charge in [-0.15, -0.1) is 0 Å². The van der Waals surface area contributed by atoms with Gasteiger partial charge in [-0.1, -0.05) is 18.2 Å². The minimum Gasteiger partial charge on any atom is -0.486 e. The predicted molar refractivity (Wildman–Crippen MR) is 91.4 cm³/mol. The molecule has 2 aromatic rings. The van der Waals surface area contributed by atoms with Gasteiger partial charge in [0.1, 0.15) is 18.0 Å². The maximum atomic E-state index is 13.6. The Bertz CT molecular complexity index is 912. The summed E-state index contributed by atoms with van der Waals surface area (Å²) in [7, 11) is 0. The van der Waals surface area contributed by atoms with Gasteiger partial charge in [-0.25, -0.2) is 18.4 Å². The zero-order valence-corrected chi connectivity index (χ0v) is 14.6. The van der Waals surface area contributed by atoms with Crippen molar-refractivity contribution in [2.24, 2.45) is 0 Å². The van der Waals surface area contributed by atoms with Crippen LogP contribution >= 0.6 is 0 Å². The molecule has 0 bridgehead atoms. The Hall–Kier alpha value is -3.22. The van der Waals surface area contributed by atoms with Crippen molar-refractivity contribution < 1.29 is 32.6 Å². The second kappa shape index (κ2) is 7.19. The first kappa shape index (κ1) is 18.6. The smallest absolute Gasteiger partial charge is 0.348 e. The summed E-state index contributed by atoms with van der Waals surface area (Å²) in [4.78, 5) is 24.0. The van der Waals surface area contributed by atoms with Gasteiger partial charge in [-0.05, 0) is 35.4 Å². The van der Waals surface area contributed by atoms with E-state index in [4.69, 9.17) is 14.2 Å². The van der Waals surface area contributed by atoms with E-state index >= 15 is 0 Å². The molecule has 3 rings (SSSR count). The fourth-order valence-electron chi connectivity index (χ4n) is 2.47. The Labute approximate surface area is 154 Å². The van der Waals surface area contributed by atoms with Crippen molar-refractivity contribution in [2.45, 2.75) is 26.2 Å². The first-order valence-corrected chi connectivity index (χ1v) is 8.09. The first-order valence-electron chi connectivity index (χ1n) is 8.09. The number of hydrogen-bond donors (Lipinski definition) is 0. The topological polar surface area (TPSA) is 61.8 Å². The Morgan fingerprint density at radius 3 is 2.41 bits per heavy atom. The van der Waals surface area contributed by atoms with Crippen LogP contribution in [0.4, 0.5) is 8.78 Å². The van der Waals surface area contributed by atoms with Crippen molar-refractivity contribution >= 4 is 18.0 Å². The number of carbonyl (C=O) groups is 2. The molecule has 0 aromatic heterocycles. The van der Waals surface area contributed by atoms with E-state index in [0.29, 0.717) is 11.1 Å². The molecule has 7 heteroatoms. The molecular formula is C20H16F2O5. The zero-order chi connectivity index (χ0) is 19.6. The van der Waals surface area contributed by atoms with Gasteiger partial charge in [0.05, 0.1) is 0 Å². The quantitative estimate of drug-likeness (QED) is 0.463. The summed E-state index contributed by atoms with van der Waals surface area (Å²) in [5.41, 5.74) is 0.974. The molecule has 1 aliphatic rings. The number of carbonyl (C=O) groups excluding carboxylic acids is 2. The lowest BCUT2D eigenvalue weighted by Gasteiger charge is -2.29. The molecule has 5 nitrogen and oxygen atoms in total. The average molecular weight is 374 g/mol. The Kier molecular flexibility index (Phi) is 4.94. The van der Waals surface area contributed by atoms with Gasteiger partial charge in [0, 0.05) is 19.9 Å². The van der Waals surface area contributed by atoms with E-state index in [-0.39, 0.29) is 17.9 Å². The van der Waals surface area contributed by atoms with Crippen LogP contribution in [0, 0.1) is 11.6 Å². The van der Waals surface area contributed by atoms with E-state index in [2.05, 4.69) is 0 Å². The molecule has 27 heavy (non-hydrogen) atoms. The molecule has 0 aliphatic carbocycles. The molecular weight excluding hydrogens is 358 g/mol. The van der Waals surface area contributed by atoms with Crippen LogP contribution in [-0.2, 0) is 25.7 Å². The molecule has 0 atom stereocenters. The van der Waals surface area contributed by atoms with Gasteiger partial charge in [-0.3, -0.25) is 0 Å². The highest BCUT2D eigenvalue weighted by atomic mass is 19.1. The molecule has 0 saturated carbocycles. The van der Waals surface area contributed by atoms with Crippen LogP contribution in [0.3, 0.4) is 0 Å². The summed E-state index contributed by atoms with van der Waals surface area (Å²) in [6, 6.07) is 9.79. The summed E-state index contributed by atoms with van der Waals surface area (Å²) in [5, 5.41) is 0. The highest BCUT2D eigenvalue weighted by Gasteiger charge is 2.38. The fraction of sp³-hybridized carbons (Fsp3) is 0.200. The number of ether oxygens (including phenoxy) is 3. The van der Waals surface area contributed by atoms with E-state index in [1.807, 2.05) is 0 Å². The molecule has 0 N–H and O–H groups in total. The minimum absolute atomic E-state index is 0.0154. The highest BCUT2D eigenvalue weighted by molar-refractivity contribution is 6.18. The van der Waals surface area contributed by atoms with Crippen molar-refractivity contribution in [3.8, 4) is 5.75 Å². The van der Waals surface area contributed by atoms with Crippen molar-refractivity contribution in [3.05, 3.63) is 70.8 Å². The lowest BCUT2D eigenvalue weighted by atomic mass is 10.1. The number of hydrogen-bond acceptors (Lipinski definition) is 5. The van der Waals surface area contributed by atoms with Gasteiger partial charge in [0.15, 0.2) is 11.6 Å². The molecule has 1 saturated heterocycles. The van der Waals surface area contributed by atoms with Crippen LogP contribution in [0.5, 0.6) is 5.75 Å². The lowest BCUT2D eigenvalue weighted by Crippen LogP contribution is -2.41. The SMILES string of the molecule is CC1(C)OC(=O)C(=Cc2cccc(COc3ccc(F)cc3F)c2)C(=O)O1. The van der Waals surface area contributed by atoms with Crippen LogP contribution in [-0.4, -0.2) is 17.7 Å². The van der Waals surface area contributed by atoms with Crippen molar-refractivity contribution in [2.75, 3.05) is 0 Å². The predicted octanol–water partition coefficient (Wildman–Crippen LogP) is 3.76. The third-order valence-corrected chi connectivity index (χ3v) is 3.67. The molecule has 1 aliphatic heterocycles. The summed E-state index contributed by atoms with van der Waals surface area (Å²) >= 11 is 0. The van der Waals surface area contributed by atoms with Crippen molar-refractivity contribution in [1.29, 1.82) is 0 Å². The average Bonchev–Trinajstić information content (AvgIpc) is 2.57. The van der Waals surface area contributed by atoms with Crippen LogP contribution < -0.4 is 4.74 Å². The van der Waals surface area contributed by atoms with Crippen LogP contribution in [0.2, 0.25) is 0 Å². The third kappa shape index (κ3) is 4.49. The third-order valence-electron chi connectivity index (χ3n) is 3.67. The molecule has 0 spiro atoms. The lowest BCUT2D eigenvalue weighted by molar-refractivity contribution is -0.222. The van der Waals surface area contributed by atoms with Crippen LogP contribution in [0.25, 0.3) is 6.08 Å². The number of esters is 2. The molecule has 1 heterocycles. The van der Waals surface area contributed by atoms with E-state index in [9.17, 15) is 18.4 Å².